The highest BCUT2D eigenvalue weighted by atomic mass is 32.1. The van der Waals surface area contributed by atoms with Crippen molar-refractivity contribution in [2.75, 3.05) is 18.8 Å². The largest absolute Gasteiger partial charge is 0.329 e. The molecule has 1 fully saturated rings. The van der Waals surface area contributed by atoms with Gasteiger partial charge in [0.1, 0.15) is 11.6 Å². The summed E-state index contributed by atoms with van der Waals surface area (Å²) in [5.74, 6) is -0.711. The smallest absolute Gasteiger partial charge is 0.318 e. The standard InChI is InChI=1S/C11H12F2N2OS/c12-7-1-2-8(9(13)5-7)10-6-15(3-4-17)11(16)14-10/h1-2,5,10,17H,3-4,6H2,(H,14,16). The van der Waals surface area contributed by atoms with Crippen LogP contribution < -0.4 is 5.32 Å². The Morgan fingerprint density at radius 3 is 2.88 bits per heavy atom. The lowest BCUT2D eigenvalue weighted by molar-refractivity contribution is 0.220. The summed E-state index contributed by atoms with van der Waals surface area (Å²) >= 11 is 4.04. The fourth-order valence-electron chi connectivity index (χ4n) is 1.86. The van der Waals surface area contributed by atoms with E-state index < -0.39 is 17.7 Å². The number of thiol groups is 1. The number of benzene rings is 1. The summed E-state index contributed by atoms with van der Waals surface area (Å²) in [6.45, 7) is 0.885. The van der Waals surface area contributed by atoms with E-state index in [1.54, 1.807) is 4.90 Å². The Bertz CT molecular complexity index is 441. The first-order valence-corrected chi connectivity index (χ1v) is 5.86. The lowest BCUT2D eigenvalue weighted by Crippen LogP contribution is -2.29. The molecule has 0 radical (unpaired) electrons. The van der Waals surface area contributed by atoms with Gasteiger partial charge in [-0.2, -0.15) is 12.6 Å². The lowest BCUT2D eigenvalue weighted by atomic mass is 10.1. The average molecular weight is 258 g/mol. The van der Waals surface area contributed by atoms with Gasteiger partial charge in [-0.25, -0.2) is 13.6 Å². The fourth-order valence-corrected chi connectivity index (χ4v) is 2.10. The van der Waals surface area contributed by atoms with E-state index in [4.69, 9.17) is 0 Å². The summed E-state index contributed by atoms with van der Waals surface area (Å²) in [5, 5.41) is 2.66. The minimum Gasteiger partial charge on any atom is -0.329 e. The molecule has 0 spiro atoms. The minimum atomic E-state index is -0.636. The molecule has 1 aliphatic heterocycles. The molecule has 2 amide bonds. The van der Waals surface area contributed by atoms with Crippen LogP contribution in [0.5, 0.6) is 0 Å². The third kappa shape index (κ3) is 2.52. The van der Waals surface area contributed by atoms with E-state index in [0.717, 1.165) is 6.07 Å². The summed E-state index contributed by atoms with van der Waals surface area (Å²) in [6, 6.07) is 2.70. The molecule has 1 heterocycles. The van der Waals surface area contributed by atoms with Gasteiger partial charge < -0.3 is 10.2 Å². The second-order valence-corrected chi connectivity index (χ2v) is 4.28. The van der Waals surface area contributed by atoms with Crippen molar-refractivity contribution in [3.63, 3.8) is 0 Å². The number of nitrogens with one attached hydrogen (secondary N) is 1. The van der Waals surface area contributed by atoms with Crippen LogP contribution in [-0.4, -0.2) is 29.8 Å². The SMILES string of the molecule is O=C1NC(c2ccc(F)cc2F)CN1CCS. The quantitative estimate of drug-likeness (QED) is 0.798. The van der Waals surface area contributed by atoms with Gasteiger partial charge in [0.25, 0.3) is 0 Å². The molecule has 1 saturated heterocycles. The number of rotatable bonds is 3. The molecule has 1 atom stereocenters. The molecule has 6 heteroatoms. The maximum Gasteiger partial charge on any atom is 0.318 e. The van der Waals surface area contributed by atoms with Gasteiger partial charge in [0, 0.05) is 30.5 Å². The Labute approximate surface area is 103 Å². The first-order chi connectivity index (χ1) is 8.11. The highest BCUT2D eigenvalue weighted by molar-refractivity contribution is 7.80. The van der Waals surface area contributed by atoms with Gasteiger partial charge in [-0.3, -0.25) is 0 Å². The van der Waals surface area contributed by atoms with E-state index in [1.165, 1.54) is 12.1 Å². The van der Waals surface area contributed by atoms with Crippen molar-refractivity contribution in [3.05, 3.63) is 35.4 Å². The van der Waals surface area contributed by atoms with Crippen molar-refractivity contribution in [2.45, 2.75) is 6.04 Å². The molecule has 1 aromatic carbocycles. The third-order valence-corrected chi connectivity index (χ3v) is 2.90. The van der Waals surface area contributed by atoms with Crippen LogP contribution in [0.15, 0.2) is 18.2 Å². The molecule has 17 heavy (non-hydrogen) atoms. The van der Waals surface area contributed by atoms with Gasteiger partial charge >= 0.3 is 6.03 Å². The Balaban J connectivity index is 2.17. The molecule has 0 bridgehead atoms. The van der Waals surface area contributed by atoms with Gasteiger partial charge in [-0.15, -0.1) is 0 Å². The minimum absolute atomic E-state index is 0.243. The number of amides is 2. The molecule has 1 aliphatic rings. The predicted molar refractivity (Wildman–Crippen MR) is 63.1 cm³/mol. The number of hydrogen-bond donors (Lipinski definition) is 2. The molecule has 1 unspecified atom stereocenters. The van der Waals surface area contributed by atoms with Gasteiger partial charge in [-0.1, -0.05) is 6.07 Å². The molecule has 2 rings (SSSR count). The number of urea groups is 1. The number of hydrogen-bond acceptors (Lipinski definition) is 2. The van der Waals surface area contributed by atoms with E-state index >= 15 is 0 Å². The molecular weight excluding hydrogens is 246 g/mol. The van der Waals surface area contributed by atoms with Gasteiger partial charge in [-0.05, 0) is 6.07 Å². The van der Waals surface area contributed by atoms with E-state index in [-0.39, 0.29) is 6.03 Å². The van der Waals surface area contributed by atoms with Crippen molar-refractivity contribution in [3.8, 4) is 0 Å². The molecule has 3 nitrogen and oxygen atoms in total. The average Bonchev–Trinajstić information content (AvgIpc) is 2.60. The van der Waals surface area contributed by atoms with Crippen LogP contribution in [0.2, 0.25) is 0 Å². The normalized spacial score (nSPS) is 19.6. The van der Waals surface area contributed by atoms with Crippen LogP contribution >= 0.6 is 12.6 Å². The Kier molecular flexibility index (Phi) is 3.51. The van der Waals surface area contributed by atoms with Crippen LogP contribution in [0, 0.1) is 11.6 Å². The zero-order valence-corrected chi connectivity index (χ0v) is 9.88. The molecule has 1 aromatic rings. The second-order valence-electron chi connectivity index (χ2n) is 3.84. The van der Waals surface area contributed by atoms with Gasteiger partial charge in [0.15, 0.2) is 0 Å². The van der Waals surface area contributed by atoms with Crippen molar-refractivity contribution in [1.82, 2.24) is 10.2 Å². The maximum absolute atomic E-state index is 13.5. The zero-order chi connectivity index (χ0) is 12.4. The van der Waals surface area contributed by atoms with Crippen LogP contribution in [0.25, 0.3) is 0 Å². The highest BCUT2D eigenvalue weighted by Crippen LogP contribution is 2.23. The summed E-state index contributed by atoms with van der Waals surface area (Å²) < 4.78 is 26.3. The van der Waals surface area contributed by atoms with E-state index in [0.29, 0.717) is 24.4 Å². The Morgan fingerprint density at radius 1 is 1.47 bits per heavy atom. The fraction of sp³-hybridized carbons (Fsp3) is 0.364. The first kappa shape index (κ1) is 12.2. The first-order valence-electron chi connectivity index (χ1n) is 5.23. The predicted octanol–water partition coefficient (Wildman–Crippen LogP) is 1.96. The Hall–Kier alpha value is -1.30. The number of halogens is 2. The number of carbonyl (C=O) groups excluding carboxylic acids is 1. The van der Waals surface area contributed by atoms with E-state index in [1.807, 2.05) is 0 Å². The molecular formula is C11H12F2N2OS. The third-order valence-electron chi connectivity index (χ3n) is 2.70. The highest BCUT2D eigenvalue weighted by Gasteiger charge is 2.30. The monoisotopic (exact) mass is 258 g/mol. The van der Waals surface area contributed by atoms with Crippen LogP contribution in [0.3, 0.4) is 0 Å². The van der Waals surface area contributed by atoms with Crippen LogP contribution in [0.4, 0.5) is 13.6 Å². The summed E-state index contributed by atoms with van der Waals surface area (Å²) in [6.07, 6.45) is 0. The van der Waals surface area contributed by atoms with Gasteiger partial charge in [0.05, 0.1) is 6.04 Å². The van der Waals surface area contributed by atoms with Crippen LogP contribution in [0.1, 0.15) is 11.6 Å². The van der Waals surface area contributed by atoms with Crippen molar-refractivity contribution in [1.29, 1.82) is 0 Å². The van der Waals surface area contributed by atoms with Crippen molar-refractivity contribution < 1.29 is 13.6 Å². The summed E-state index contributed by atoms with van der Waals surface area (Å²) in [4.78, 5) is 13.1. The van der Waals surface area contributed by atoms with Crippen LogP contribution in [-0.2, 0) is 0 Å². The van der Waals surface area contributed by atoms with Crippen molar-refractivity contribution in [2.24, 2.45) is 0 Å². The van der Waals surface area contributed by atoms with E-state index in [2.05, 4.69) is 17.9 Å². The molecule has 92 valence electrons. The molecule has 0 saturated carbocycles. The number of nitrogens with zero attached hydrogens (tertiary/aromatic N) is 1. The molecule has 1 N–H and O–H groups in total. The lowest BCUT2D eigenvalue weighted by Gasteiger charge is -2.13. The number of carbonyl (C=O) groups is 1. The second kappa shape index (κ2) is 4.91. The van der Waals surface area contributed by atoms with E-state index in [9.17, 15) is 13.6 Å². The molecule has 0 aliphatic carbocycles. The molecule has 0 aromatic heterocycles. The summed E-state index contributed by atoms with van der Waals surface area (Å²) in [7, 11) is 0. The Morgan fingerprint density at radius 2 is 2.24 bits per heavy atom. The van der Waals surface area contributed by atoms with Gasteiger partial charge in [0.2, 0.25) is 0 Å². The summed E-state index contributed by atoms with van der Waals surface area (Å²) in [5.41, 5.74) is 0.307. The zero-order valence-electron chi connectivity index (χ0n) is 8.99. The topological polar surface area (TPSA) is 32.3 Å². The maximum atomic E-state index is 13.5. The van der Waals surface area contributed by atoms with Crippen molar-refractivity contribution >= 4 is 18.7 Å².